The van der Waals surface area contributed by atoms with Crippen LogP contribution in [0.2, 0.25) is 0 Å². The average molecular weight is 543 g/mol. The summed E-state index contributed by atoms with van der Waals surface area (Å²) in [6.45, 7) is 9.78. The molecule has 4 aromatic rings. The van der Waals surface area contributed by atoms with Crippen LogP contribution in [0.5, 0.6) is 0 Å². The zero-order valence-corrected chi connectivity index (χ0v) is 23.1. The second-order valence-electron chi connectivity index (χ2n) is 9.33. The molecule has 0 atom stereocenters. The molecule has 11 nitrogen and oxygen atoms in total. The number of aromatic nitrogens is 5. The van der Waals surface area contributed by atoms with E-state index in [0.29, 0.717) is 62.2 Å². The molecule has 11 heteroatoms. The summed E-state index contributed by atoms with van der Waals surface area (Å²) in [6, 6.07) is 11.7. The van der Waals surface area contributed by atoms with Crippen molar-refractivity contribution in [3.63, 3.8) is 0 Å². The van der Waals surface area contributed by atoms with Crippen LogP contribution in [0.3, 0.4) is 0 Å². The number of benzene rings is 1. The molecule has 0 spiro atoms. The number of imidazole rings is 1. The maximum Gasteiger partial charge on any atom is 0.357 e. The second-order valence-corrected chi connectivity index (χ2v) is 9.33. The first-order chi connectivity index (χ1) is 19.5. The number of aryl methyl sites for hydroxylation is 2. The van der Waals surface area contributed by atoms with Crippen molar-refractivity contribution in [3.8, 4) is 17.1 Å². The first-order valence-electron chi connectivity index (χ1n) is 13.5. The van der Waals surface area contributed by atoms with E-state index in [4.69, 9.17) is 30.3 Å². The number of nitrogens with two attached hydrogens (primary N) is 1. The molecule has 2 N–H and O–H groups in total. The van der Waals surface area contributed by atoms with Gasteiger partial charge in [0.05, 0.1) is 37.7 Å². The van der Waals surface area contributed by atoms with Crippen LogP contribution < -0.4 is 10.6 Å². The predicted molar refractivity (Wildman–Crippen MR) is 155 cm³/mol. The SMILES string of the molecule is CCOC(=O)c1cc(-c2cccc(C)c2)nn1-c1cc(N2CCOCC2)c2nc(CN=C/C=C\N)n(CC)c2n1. The molecule has 1 aliphatic rings. The van der Waals surface area contributed by atoms with Gasteiger partial charge in [0.2, 0.25) is 0 Å². The lowest BCUT2D eigenvalue weighted by atomic mass is 10.1. The van der Waals surface area contributed by atoms with Gasteiger partial charge in [-0.2, -0.15) is 5.10 Å². The van der Waals surface area contributed by atoms with Crippen molar-refractivity contribution in [2.24, 2.45) is 10.7 Å². The summed E-state index contributed by atoms with van der Waals surface area (Å²) >= 11 is 0. The van der Waals surface area contributed by atoms with Crippen molar-refractivity contribution >= 4 is 29.0 Å². The lowest BCUT2D eigenvalue weighted by Gasteiger charge is -2.29. The highest BCUT2D eigenvalue weighted by Crippen LogP contribution is 2.31. The zero-order chi connectivity index (χ0) is 28.1. The number of nitrogens with zero attached hydrogens (tertiary/aromatic N) is 7. The minimum Gasteiger partial charge on any atom is -0.461 e. The lowest BCUT2D eigenvalue weighted by molar-refractivity contribution is 0.0515. The monoisotopic (exact) mass is 542 g/mol. The molecule has 40 heavy (non-hydrogen) atoms. The molecule has 1 saturated heterocycles. The van der Waals surface area contributed by atoms with Gasteiger partial charge in [-0.15, -0.1) is 0 Å². The number of hydrogen-bond acceptors (Lipinski definition) is 9. The standard InChI is InChI=1S/C29H34N8O3/c1-4-36-26(19-31-11-7-10-30)32-27-23(35-12-14-39-15-13-35)18-25(33-28(27)36)37-24(29(38)40-5-2)17-22(34-37)21-9-6-8-20(3)16-21/h6-11,16-18H,4-5,12-15,19,30H2,1-3H3/b10-7-,31-11?. The summed E-state index contributed by atoms with van der Waals surface area (Å²) in [5.41, 5.74) is 10.8. The number of ether oxygens (including phenoxy) is 2. The maximum absolute atomic E-state index is 13.1. The summed E-state index contributed by atoms with van der Waals surface area (Å²) in [6.07, 6.45) is 4.77. The normalized spacial score (nSPS) is 14.1. The molecule has 1 aromatic carbocycles. The van der Waals surface area contributed by atoms with Gasteiger partial charge >= 0.3 is 5.97 Å². The van der Waals surface area contributed by atoms with Crippen LogP contribution in [0.25, 0.3) is 28.2 Å². The third-order valence-electron chi connectivity index (χ3n) is 6.68. The molecule has 3 aromatic heterocycles. The number of allylic oxidation sites excluding steroid dienone is 1. The minimum absolute atomic E-state index is 0.251. The molecule has 0 aliphatic carbocycles. The third-order valence-corrected chi connectivity index (χ3v) is 6.68. The van der Waals surface area contributed by atoms with Crippen molar-refractivity contribution in [3.05, 3.63) is 65.8 Å². The van der Waals surface area contributed by atoms with Crippen molar-refractivity contribution in [2.75, 3.05) is 37.8 Å². The van der Waals surface area contributed by atoms with E-state index < -0.39 is 5.97 Å². The zero-order valence-electron chi connectivity index (χ0n) is 23.1. The molecule has 0 radical (unpaired) electrons. The smallest absolute Gasteiger partial charge is 0.357 e. The van der Waals surface area contributed by atoms with E-state index in [1.807, 2.05) is 48.7 Å². The number of morpholine rings is 1. The van der Waals surface area contributed by atoms with E-state index in [1.54, 1.807) is 30.0 Å². The quantitative estimate of drug-likeness (QED) is 0.251. The highest BCUT2D eigenvalue weighted by Gasteiger charge is 2.25. The molecule has 0 saturated carbocycles. The third kappa shape index (κ3) is 5.46. The summed E-state index contributed by atoms with van der Waals surface area (Å²) in [4.78, 5) is 29.8. The van der Waals surface area contributed by atoms with E-state index in [0.717, 1.165) is 28.2 Å². The van der Waals surface area contributed by atoms with Crippen LogP contribution >= 0.6 is 0 Å². The van der Waals surface area contributed by atoms with Gasteiger partial charge in [-0.05, 0) is 45.2 Å². The Morgan fingerprint density at radius 3 is 2.73 bits per heavy atom. The Bertz CT molecular complexity index is 1560. The molecule has 0 unspecified atom stereocenters. The van der Waals surface area contributed by atoms with E-state index >= 15 is 0 Å². The fraction of sp³-hybridized carbons (Fsp3) is 0.345. The molecule has 1 aliphatic heterocycles. The minimum atomic E-state index is -0.462. The van der Waals surface area contributed by atoms with Crippen molar-refractivity contribution in [2.45, 2.75) is 33.9 Å². The van der Waals surface area contributed by atoms with Crippen LogP contribution in [0, 0.1) is 6.92 Å². The molecule has 208 valence electrons. The van der Waals surface area contributed by atoms with Crippen molar-refractivity contribution in [1.82, 2.24) is 24.3 Å². The average Bonchev–Trinajstić information content (AvgIpc) is 3.57. The van der Waals surface area contributed by atoms with Gasteiger partial charge in [0.1, 0.15) is 11.3 Å². The Labute approximate surface area is 232 Å². The maximum atomic E-state index is 13.1. The van der Waals surface area contributed by atoms with Crippen LogP contribution in [0.15, 0.2) is 53.7 Å². The van der Waals surface area contributed by atoms with Crippen molar-refractivity contribution < 1.29 is 14.3 Å². The van der Waals surface area contributed by atoms with Gasteiger partial charge < -0.3 is 24.7 Å². The lowest BCUT2D eigenvalue weighted by Crippen LogP contribution is -2.36. The Morgan fingerprint density at radius 1 is 1.18 bits per heavy atom. The number of carbonyl (C=O) groups is 1. The largest absolute Gasteiger partial charge is 0.461 e. The topological polar surface area (TPSA) is 126 Å². The number of pyridine rings is 1. The number of hydrogen-bond donors (Lipinski definition) is 1. The second kappa shape index (κ2) is 12.1. The number of aliphatic imine (C=N–C) groups is 1. The summed E-state index contributed by atoms with van der Waals surface area (Å²) in [5, 5.41) is 4.86. The molecular formula is C29H34N8O3. The number of rotatable bonds is 9. The van der Waals surface area contributed by atoms with Gasteiger partial charge in [-0.1, -0.05) is 23.8 Å². The van der Waals surface area contributed by atoms with E-state index in [2.05, 4.69) is 9.89 Å². The molecule has 0 amide bonds. The number of carbonyl (C=O) groups excluding carboxylic acids is 1. The van der Waals surface area contributed by atoms with Crippen molar-refractivity contribution in [1.29, 1.82) is 0 Å². The van der Waals surface area contributed by atoms with Crippen LogP contribution in [0.4, 0.5) is 5.69 Å². The molecular weight excluding hydrogens is 508 g/mol. The first kappa shape index (κ1) is 27.1. The first-order valence-corrected chi connectivity index (χ1v) is 13.5. The van der Waals surface area contributed by atoms with Crippen LogP contribution in [-0.2, 0) is 22.6 Å². The molecule has 0 bridgehead atoms. The highest BCUT2D eigenvalue weighted by molar-refractivity contribution is 5.91. The highest BCUT2D eigenvalue weighted by atomic mass is 16.5. The molecule has 4 heterocycles. The fourth-order valence-corrected chi connectivity index (χ4v) is 4.81. The Balaban J connectivity index is 1.71. The van der Waals surface area contributed by atoms with Gasteiger partial charge in [0.15, 0.2) is 17.2 Å². The van der Waals surface area contributed by atoms with Gasteiger partial charge in [0.25, 0.3) is 0 Å². The predicted octanol–water partition coefficient (Wildman–Crippen LogP) is 3.67. The Kier molecular flexibility index (Phi) is 8.20. The number of esters is 1. The summed E-state index contributed by atoms with van der Waals surface area (Å²) in [5.74, 6) is 0.826. The summed E-state index contributed by atoms with van der Waals surface area (Å²) < 4.78 is 14.6. The summed E-state index contributed by atoms with van der Waals surface area (Å²) in [7, 11) is 0. The molecule has 5 rings (SSSR count). The Hall–Kier alpha value is -4.51. The van der Waals surface area contributed by atoms with E-state index in [1.165, 1.54) is 6.20 Å². The van der Waals surface area contributed by atoms with Crippen LogP contribution in [0.1, 0.15) is 35.7 Å². The molecule has 1 fully saturated rings. The van der Waals surface area contributed by atoms with E-state index in [9.17, 15) is 4.79 Å². The number of anilines is 1. The van der Waals surface area contributed by atoms with Gasteiger partial charge in [-0.3, -0.25) is 4.99 Å². The Morgan fingerprint density at radius 2 is 2.00 bits per heavy atom. The van der Waals surface area contributed by atoms with E-state index in [-0.39, 0.29) is 6.61 Å². The van der Waals surface area contributed by atoms with Gasteiger partial charge in [-0.25, -0.2) is 19.4 Å². The van der Waals surface area contributed by atoms with Crippen LogP contribution in [-0.4, -0.2) is 69.4 Å². The number of fused-ring (bicyclic) bond motifs is 1. The fourth-order valence-electron chi connectivity index (χ4n) is 4.81. The van der Waals surface area contributed by atoms with Gasteiger partial charge in [0, 0.05) is 37.5 Å².